The number of nitrogens with zero attached hydrogens (tertiary/aromatic N) is 3. The summed E-state index contributed by atoms with van der Waals surface area (Å²) < 4.78 is 13.5. The van der Waals surface area contributed by atoms with Gasteiger partial charge in [-0.25, -0.2) is 14.0 Å². The molecule has 4 rings (SSSR count). The summed E-state index contributed by atoms with van der Waals surface area (Å²) in [5.41, 5.74) is -0.0738. The molecule has 3 atom stereocenters. The first-order valence-electron chi connectivity index (χ1n) is 10.5. The third-order valence-electron chi connectivity index (χ3n) is 6.70. The molecular weight excluding hydrogens is 389 g/mol. The summed E-state index contributed by atoms with van der Waals surface area (Å²) in [7, 11) is 1.49. The topological polar surface area (TPSA) is 85.0 Å². The van der Waals surface area contributed by atoms with E-state index in [-0.39, 0.29) is 35.7 Å². The number of imide groups is 1. The summed E-state index contributed by atoms with van der Waals surface area (Å²) in [6.45, 7) is 4.07. The van der Waals surface area contributed by atoms with E-state index in [0.717, 1.165) is 23.4 Å². The van der Waals surface area contributed by atoms with Crippen LogP contribution in [0, 0.1) is 11.7 Å². The van der Waals surface area contributed by atoms with Gasteiger partial charge >= 0.3 is 12.1 Å². The number of benzene rings is 1. The molecule has 162 valence electrons. The molecule has 5 amide bonds. The van der Waals surface area contributed by atoms with E-state index in [0.29, 0.717) is 32.6 Å². The van der Waals surface area contributed by atoms with E-state index in [4.69, 9.17) is 0 Å². The van der Waals surface area contributed by atoms with Gasteiger partial charge in [0.15, 0.2) is 0 Å². The quantitative estimate of drug-likeness (QED) is 0.734. The Bertz CT molecular complexity index is 865. The van der Waals surface area contributed by atoms with Crippen LogP contribution in [0.1, 0.15) is 26.2 Å². The van der Waals surface area contributed by atoms with Crippen molar-refractivity contribution in [3.05, 3.63) is 30.1 Å². The standard InChI is InChI=1S/C21H28FN5O3/c1-14-13-26(17-7-3-6-16(22)11-17)9-10-27(14)19(29)23-12-15-5-4-8-21(15)18(28)25(2)20(30)24-21/h3,6-7,11,14-15H,4-5,8-10,12-13H2,1-2H3,(H,23,29)(H,24,30). The molecule has 1 saturated carbocycles. The number of hydrogen-bond donors (Lipinski definition) is 2. The van der Waals surface area contributed by atoms with E-state index in [1.807, 2.05) is 13.0 Å². The highest BCUT2D eigenvalue weighted by Gasteiger charge is 2.56. The molecule has 1 spiro atoms. The number of anilines is 1. The minimum Gasteiger partial charge on any atom is -0.368 e. The van der Waals surface area contributed by atoms with Crippen LogP contribution in [0.5, 0.6) is 0 Å². The number of urea groups is 2. The molecule has 3 fully saturated rings. The van der Waals surface area contributed by atoms with Gasteiger partial charge in [-0.3, -0.25) is 9.69 Å². The predicted octanol–water partition coefficient (Wildman–Crippen LogP) is 1.77. The summed E-state index contributed by atoms with van der Waals surface area (Å²) >= 11 is 0. The Kier molecular flexibility index (Phi) is 5.29. The minimum atomic E-state index is -0.888. The minimum absolute atomic E-state index is 0.0431. The Hall–Kier alpha value is -2.84. The second-order valence-corrected chi connectivity index (χ2v) is 8.51. The van der Waals surface area contributed by atoms with Gasteiger partial charge < -0.3 is 20.4 Å². The molecule has 0 radical (unpaired) electrons. The molecule has 2 N–H and O–H groups in total. The first kappa shape index (κ1) is 20.4. The van der Waals surface area contributed by atoms with Crippen molar-refractivity contribution >= 4 is 23.7 Å². The van der Waals surface area contributed by atoms with Gasteiger partial charge in [0, 0.05) is 50.9 Å². The first-order chi connectivity index (χ1) is 14.3. The van der Waals surface area contributed by atoms with E-state index in [1.54, 1.807) is 11.0 Å². The smallest absolute Gasteiger partial charge is 0.324 e. The van der Waals surface area contributed by atoms with Crippen LogP contribution < -0.4 is 15.5 Å². The molecule has 8 nitrogen and oxygen atoms in total. The number of hydrogen-bond acceptors (Lipinski definition) is 4. The molecule has 0 aromatic heterocycles. The van der Waals surface area contributed by atoms with Gasteiger partial charge in [0.25, 0.3) is 5.91 Å². The van der Waals surface area contributed by atoms with Crippen LogP contribution in [0.25, 0.3) is 0 Å². The van der Waals surface area contributed by atoms with E-state index in [9.17, 15) is 18.8 Å². The fraction of sp³-hybridized carbons (Fsp3) is 0.571. The van der Waals surface area contributed by atoms with Crippen LogP contribution in [0.3, 0.4) is 0 Å². The van der Waals surface area contributed by atoms with E-state index in [2.05, 4.69) is 15.5 Å². The highest BCUT2D eigenvalue weighted by molar-refractivity contribution is 6.07. The predicted molar refractivity (Wildman–Crippen MR) is 110 cm³/mol. The summed E-state index contributed by atoms with van der Waals surface area (Å²) in [5, 5.41) is 5.83. The molecular formula is C21H28FN5O3. The molecule has 1 aliphatic carbocycles. The van der Waals surface area contributed by atoms with Gasteiger partial charge in [-0.1, -0.05) is 12.5 Å². The van der Waals surface area contributed by atoms with E-state index in [1.165, 1.54) is 19.2 Å². The lowest BCUT2D eigenvalue weighted by molar-refractivity contribution is -0.131. The van der Waals surface area contributed by atoms with Gasteiger partial charge in [0.1, 0.15) is 11.4 Å². The van der Waals surface area contributed by atoms with Crippen LogP contribution in [-0.2, 0) is 4.79 Å². The van der Waals surface area contributed by atoms with Crippen molar-refractivity contribution in [2.24, 2.45) is 5.92 Å². The van der Waals surface area contributed by atoms with E-state index < -0.39 is 5.54 Å². The van der Waals surface area contributed by atoms with Crippen molar-refractivity contribution in [3.8, 4) is 0 Å². The van der Waals surface area contributed by atoms with Crippen molar-refractivity contribution in [2.75, 3.05) is 38.1 Å². The van der Waals surface area contributed by atoms with Gasteiger partial charge in [0.2, 0.25) is 0 Å². The molecule has 2 aliphatic heterocycles. The average Bonchev–Trinajstić information content (AvgIpc) is 3.22. The lowest BCUT2D eigenvalue weighted by Crippen LogP contribution is -2.58. The number of nitrogens with one attached hydrogen (secondary N) is 2. The number of amides is 5. The second kappa shape index (κ2) is 7.77. The summed E-state index contributed by atoms with van der Waals surface area (Å²) in [6.07, 6.45) is 2.22. The fourth-order valence-corrected chi connectivity index (χ4v) is 5.00. The van der Waals surface area contributed by atoms with E-state index >= 15 is 0 Å². The SMILES string of the molecule is CC1CN(c2cccc(F)c2)CCN1C(=O)NCC1CCCC12NC(=O)N(C)C2=O. The van der Waals surface area contributed by atoms with Crippen molar-refractivity contribution < 1.29 is 18.8 Å². The maximum atomic E-state index is 13.5. The molecule has 3 unspecified atom stereocenters. The Labute approximate surface area is 175 Å². The number of carbonyl (C=O) groups is 3. The molecule has 30 heavy (non-hydrogen) atoms. The molecule has 1 aromatic rings. The van der Waals surface area contributed by atoms with Gasteiger partial charge in [-0.05, 0) is 38.0 Å². The highest BCUT2D eigenvalue weighted by Crippen LogP contribution is 2.39. The van der Waals surface area contributed by atoms with Crippen molar-refractivity contribution in [1.82, 2.24) is 20.4 Å². The molecule has 2 heterocycles. The first-order valence-corrected chi connectivity index (χ1v) is 10.5. The Morgan fingerprint density at radius 2 is 2.13 bits per heavy atom. The lowest BCUT2D eigenvalue weighted by Gasteiger charge is -2.41. The second-order valence-electron chi connectivity index (χ2n) is 8.51. The monoisotopic (exact) mass is 417 g/mol. The number of likely N-dealkylation sites (N-methyl/N-ethyl adjacent to an activating group) is 1. The zero-order chi connectivity index (χ0) is 21.5. The fourth-order valence-electron chi connectivity index (χ4n) is 5.00. The van der Waals surface area contributed by atoms with Crippen LogP contribution in [0.15, 0.2) is 24.3 Å². The van der Waals surface area contributed by atoms with Gasteiger partial charge in [-0.2, -0.15) is 0 Å². The Balaban J connectivity index is 1.35. The molecule has 2 saturated heterocycles. The zero-order valence-electron chi connectivity index (χ0n) is 17.4. The van der Waals surface area contributed by atoms with Crippen LogP contribution in [0.2, 0.25) is 0 Å². The van der Waals surface area contributed by atoms with Gasteiger partial charge in [-0.15, -0.1) is 0 Å². The summed E-state index contributed by atoms with van der Waals surface area (Å²) in [5.74, 6) is -0.599. The molecule has 1 aromatic carbocycles. The molecule has 3 aliphatic rings. The molecule has 9 heteroatoms. The third-order valence-corrected chi connectivity index (χ3v) is 6.70. The van der Waals surface area contributed by atoms with Crippen molar-refractivity contribution in [2.45, 2.75) is 37.8 Å². The number of piperazine rings is 1. The number of halogens is 1. The van der Waals surface area contributed by atoms with Crippen molar-refractivity contribution in [3.63, 3.8) is 0 Å². The molecule has 0 bridgehead atoms. The van der Waals surface area contributed by atoms with Gasteiger partial charge in [0.05, 0.1) is 0 Å². The maximum Gasteiger partial charge on any atom is 0.324 e. The zero-order valence-corrected chi connectivity index (χ0v) is 17.4. The lowest BCUT2D eigenvalue weighted by atomic mass is 9.87. The van der Waals surface area contributed by atoms with Crippen LogP contribution in [0.4, 0.5) is 19.7 Å². The highest BCUT2D eigenvalue weighted by atomic mass is 19.1. The van der Waals surface area contributed by atoms with Crippen LogP contribution >= 0.6 is 0 Å². The Morgan fingerprint density at radius 1 is 1.33 bits per heavy atom. The normalized spacial score (nSPS) is 29.0. The van der Waals surface area contributed by atoms with Crippen molar-refractivity contribution in [1.29, 1.82) is 0 Å². The average molecular weight is 417 g/mol. The summed E-state index contributed by atoms with van der Waals surface area (Å²) in [6, 6.07) is 5.89. The number of rotatable bonds is 3. The third kappa shape index (κ3) is 3.46. The van der Waals surface area contributed by atoms with Crippen LogP contribution in [-0.4, -0.2) is 72.6 Å². The summed E-state index contributed by atoms with van der Waals surface area (Å²) in [4.78, 5) is 42.4. The largest absolute Gasteiger partial charge is 0.368 e. The maximum absolute atomic E-state index is 13.5. The Morgan fingerprint density at radius 3 is 2.80 bits per heavy atom. The number of carbonyl (C=O) groups excluding carboxylic acids is 3.